The van der Waals surface area contributed by atoms with Crippen molar-refractivity contribution in [3.05, 3.63) is 35.9 Å². The molecule has 17 heavy (non-hydrogen) atoms. The molecule has 1 saturated carbocycles. The van der Waals surface area contributed by atoms with Gasteiger partial charge in [0.1, 0.15) is 6.61 Å². The van der Waals surface area contributed by atoms with E-state index in [4.69, 9.17) is 4.74 Å². The fourth-order valence-electron chi connectivity index (χ4n) is 1.74. The van der Waals surface area contributed by atoms with Crippen LogP contribution in [0.2, 0.25) is 5.82 Å². The van der Waals surface area contributed by atoms with Crippen molar-refractivity contribution in [3.63, 3.8) is 0 Å². The first-order chi connectivity index (χ1) is 7.98. The first kappa shape index (κ1) is 12.0. The summed E-state index contributed by atoms with van der Waals surface area (Å²) in [4.78, 5) is 11.3. The minimum atomic E-state index is -4.90. The zero-order chi connectivity index (χ0) is 12.5. The van der Waals surface area contributed by atoms with Crippen LogP contribution in [0.3, 0.4) is 0 Å². The predicted molar refractivity (Wildman–Crippen MR) is 57.2 cm³/mol. The van der Waals surface area contributed by atoms with E-state index in [0.717, 1.165) is 5.56 Å². The summed E-state index contributed by atoms with van der Waals surface area (Å²) < 4.78 is 41.7. The molecule has 1 aliphatic rings. The Kier molecular flexibility index (Phi) is 3.13. The van der Waals surface area contributed by atoms with Crippen molar-refractivity contribution >= 4 is 12.9 Å². The number of esters is 1. The van der Waals surface area contributed by atoms with Crippen LogP contribution in [-0.4, -0.2) is 12.9 Å². The van der Waals surface area contributed by atoms with Gasteiger partial charge in [-0.15, -0.1) is 0 Å². The quantitative estimate of drug-likeness (QED) is 0.600. The number of carbonyl (C=O) groups is 1. The van der Waals surface area contributed by atoms with Crippen LogP contribution in [0.5, 0.6) is 0 Å². The highest BCUT2D eigenvalue weighted by atomic mass is 19.4. The molecular formula is C11H11BF3O2-. The average Bonchev–Trinajstić information content (AvgIpc) is 3.06. The van der Waals surface area contributed by atoms with Gasteiger partial charge in [-0.3, -0.25) is 4.79 Å². The molecule has 6 heteroatoms. The van der Waals surface area contributed by atoms with Gasteiger partial charge in [-0.25, -0.2) is 0 Å². The molecule has 1 aromatic carbocycles. The molecule has 0 spiro atoms. The summed E-state index contributed by atoms with van der Waals surface area (Å²) in [5, 5.41) is 0. The molecule has 1 aliphatic carbocycles. The van der Waals surface area contributed by atoms with Gasteiger partial charge >= 0.3 is 12.9 Å². The second-order valence-corrected chi connectivity index (χ2v) is 4.22. The highest BCUT2D eigenvalue weighted by Gasteiger charge is 2.54. The Bertz CT molecular complexity index is 405. The van der Waals surface area contributed by atoms with Gasteiger partial charge in [0.15, 0.2) is 0 Å². The van der Waals surface area contributed by atoms with Crippen molar-refractivity contribution in [3.8, 4) is 0 Å². The van der Waals surface area contributed by atoms with Crippen LogP contribution in [0, 0.1) is 5.92 Å². The lowest BCUT2D eigenvalue weighted by molar-refractivity contribution is -0.146. The zero-order valence-electron chi connectivity index (χ0n) is 8.98. The van der Waals surface area contributed by atoms with E-state index in [1.165, 1.54) is 0 Å². The van der Waals surface area contributed by atoms with Crippen molar-refractivity contribution in [2.45, 2.75) is 18.8 Å². The number of halogens is 3. The SMILES string of the molecule is O=C(OCc1ccccc1)[C@H]1C[C@H]1[B-](F)(F)F. The van der Waals surface area contributed by atoms with E-state index in [9.17, 15) is 17.7 Å². The summed E-state index contributed by atoms with van der Waals surface area (Å²) in [5.74, 6) is -3.16. The highest BCUT2D eigenvalue weighted by molar-refractivity contribution is 6.61. The third kappa shape index (κ3) is 3.02. The van der Waals surface area contributed by atoms with Gasteiger partial charge in [0, 0.05) is 5.92 Å². The summed E-state index contributed by atoms with van der Waals surface area (Å²) in [5.41, 5.74) is 0.774. The Labute approximate surface area is 96.8 Å². The second kappa shape index (κ2) is 4.43. The molecule has 2 atom stereocenters. The molecule has 0 aliphatic heterocycles. The molecule has 0 radical (unpaired) electrons. The highest BCUT2D eigenvalue weighted by Crippen LogP contribution is 2.53. The van der Waals surface area contributed by atoms with Crippen molar-refractivity contribution in [2.24, 2.45) is 5.92 Å². The van der Waals surface area contributed by atoms with Crippen molar-refractivity contribution < 1.29 is 22.5 Å². The molecule has 92 valence electrons. The monoisotopic (exact) mass is 243 g/mol. The number of benzene rings is 1. The molecule has 0 aromatic heterocycles. The largest absolute Gasteiger partial charge is 0.482 e. The molecule has 2 rings (SSSR count). The number of rotatable bonds is 4. The fraction of sp³-hybridized carbons (Fsp3) is 0.364. The molecular weight excluding hydrogens is 232 g/mol. The Balaban J connectivity index is 1.80. The first-order valence-electron chi connectivity index (χ1n) is 5.39. The average molecular weight is 243 g/mol. The molecule has 0 saturated heterocycles. The Morgan fingerprint density at radius 2 is 1.94 bits per heavy atom. The van der Waals surface area contributed by atoms with Gasteiger partial charge in [0.25, 0.3) is 0 Å². The normalized spacial score (nSPS) is 23.2. The maximum Gasteiger partial charge on any atom is 0.482 e. The lowest BCUT2D eigenvalue weighted by Gasteiger charge is -2.12. The number of hydrogen-bond acceptors (Lipinski definition) is 2. The summed E-state index contributed by atoms with van der Waals surface area (Å²) in [7, 11) is 0. The van der Waals surface area contributed by atoms with Crippen molar-refractivity contribution in [1.29, 1.82) is 0 Å². The fourth-order valence-corrected chi connectivity index (χ4v) is 1.74. The van der Waals surface area contributed by atoms with Gasteiger partial charge < -0.3 is 17.7 Å². The number of ether oxygens (including phenoxy) is 1. The van der Waals surface area contributed by atoms with E-state index in [2.05, 4.69) is 0 Å². The van der Waals surface area contributed by atoms with E-state index in [-0.39, 0.29) is 13.0 Å². The second-order valence-electron chi connectivity index (χ2n) is 4.22. The van der Waals surface area contributed by atoms with Crippen molar-refractivity contribution in [1.82, 2.24) is 0 Å². The summed E-state index contributed by atoms with van der Waals surface area (Å²) >= 11 is 0. The molecule has 1 fully saturated rings. The lowest BCUT2D eigenvalue weighted by Crippen LogP contribution is -2.18. The Morgan fingerprint density at radius 1 is 1.29 bits per heavy atom. The van der Waals surface area contributed by atoms with Crippen LogP contribution in [0.4, 0.5) is 12.9 Å². The van der Waals surface area contributed by atoms with Crippen LogP contribution >= 0.6 is 0 Å². The predicted octanol–water partition coefficient (Wildman–Crippen LogP) is 2.97. The first-order valence-corrected chi connectivity index (χ1v) is 5.39. The summed E-state index contributed by atoms with van der Waals surface area (Å²) in [6.07, 6.45) is -0.114. The topological polar surface area (TPSA) is 26.3 Å². The molecule has 1 aromatic rings. The van der Waals surface area contributed by atoms with Crippen LogP contribution in [0.1, 0.15) is 12.0 Å². The van der Waals surface area contributed by atoms with Gasteiger partial charge in [0.2, 0.25) is 0 Å². The minimum absolute atomic E-state index is 0.0355. The molecule has 0 heterocycles. The van der Waals surface area contributed by atoms with Gasteiger partial charge in [-0.1, -0.05) is 42.6 Å². The smallest absolute Gasteiger partial charge is 0.461 e. The van der Waals surface area contributed by atoms with Gasteiger partial charge in [0.05, 0.1) is 0 Å². The number of hydrogen-bond donors (Lipinski definition) is 0. The standard InChI is InChI=1S/C11H11BF3O2/c13-12(14,15)10-6-9(10)11(16)17-7-8-4-2-1-3-5-8/h1-5,9-10H,6-7H2/q-1/t9-,10+/m0/s1. The number of carbonyl (C=O) groups excluding carboxylic acids is 1. The maximum atomic E-state index is 12.3. The van der Waals surface area contributed by atoms with Crippen LogP contribution in [0.15, 0.2) is 30.3 Å². The van der Waals surface area contributed by atoms with E-state index in [1.807, 2.05) is 6.07 Å². The van der Waals surface area contributed by atoms with Crippen LogP contribution in [-0.2, 0) is 16.1 Å². The molecule has 0 unspecified atom stereocenters. The Hall–Kier alpha value is -1.46. The molecule has 2 nitrogen and oxygen atoms in total. The van der Waals surface area contributed by atoms with Crippen LogP contribution < -0.4 is 0 Å². The molecule has 0 amide bonds. The van der Waals surface area contributed by atoms with Crippen LogP contribution in [0.25, 0.3) is 0 Å². The zero-order valence-corrected chi connectivity index (χ0v) is 8.98. The molecule has 0 bridgehead atoms. The third-order valence-electron chi connectivity index (χ3n) is 2.85. The summed E-state index contributed by atoms with van der Waals surface area (Å²) in [6, 6.07) is 8.88. The van der Waals surface area contributed by atoms with Gasteiger partial charge in [-0.05, 0) is 5.56 Å². The molecule has 0 N–H and O–H groups in total. The minimum Gasteiger partial charge on any atom is -0.461 e. The van der Waals surface area contributed by atoms with Crippen molar-refractivity contribution in [2.75, 3.05) is 0 Å². The van der Waals surface area contributed by atoms with Gasteiger partial charge in [-0.2, -0.15) is 0 Å². The third-order valence-corrected chi connectivity index (χ3v) is 2.85. The Morgan fingerprint density at radius 3 is 2.47 bits per heavy atom. The van der Waals surface area contributed by atoms with E-state index in [1.54, 1.807) is 24.3 Å². The maximum absolute atomic E-state index is 12.3. The van der Waals surface area contributed by atoms with E-state index < -0.39 is 24.7 Å². The lowest BCUT2D eigenvalue weighted by atomic mass is 9.82. The van der Waals surface area contributed by atoms with E-state index >= 15 is 0 Å². The summed E-state index contributed by atoms with van der Waals surface area (Å²) in [6.45, 7) is -4.87. The van der Waals surface area contributed by atoms with E-state index in [0.29, 0.717) is 0 Å².